The molecule has 12 heteroatoms. The molecule has 2 saturated carbocycles. The molecule has 43 heavy (non-hydrogen) atoms. The number of hydrogen-bond donors (Lipinski definition) is 2. The predicted octanol–water partition coefficient (Wildman–Crippen LogP) is 3.65. The highest BCUT2D eigenvalue weighted by Crippen LogP contribution is 2.38. The zero-order valence-electron chi connectivity index (χ0n) is 24.7. The van der Waals surface area contributed by atoms with Crippen LogP contribution in [-0.4, -0.2) is 94.1 Å². The lowest BCUT2D eigenvalue weighted by atomic mass is 9.94. The number of aromatic nitrogens is 4. The lowest BCUT2D eigenvalue weighted by molar-refractivity contribution is -0.149. The molecule has 3 aliphatic rings. The van der Waals surface area contributed by atoms with E-state index in [-0.39, 0.29) is 42.7 Å². The Morgan fingerprint density at radius 1 is 0.953 bits per heavy atom. The Kier molecular flexibility index (Phi) is 9.61. The topological polar surface area (TPSA) is 139 Å². The van der Waals surface area contributed by atoms with Gasteiger partial charge in [-0.2, -0.15) is 0 Å². The molecule has 6 rings (SSSR count). The number of amides is 1. The minimum atomic E-state index is -0.967. The zero-order valence-corrected chi connectivity index (χ0v) is 24.7. The van der Waals surface area contributed by atoms with E-state index < -0.39 is 24.5 Å². The van der Waals surface area contributed by atoms with E-state index in [1.807, 2.05) is 6.07 Å². The van der Waals surface area contributed by atoms with E-state index in [4.69, 9.17) is 23.7 Å². The number of benzene rings is 1. The standard InChI is InChI=1S/C31H41N5O7/c1-39-20-12-6-8-14-22(20)41-16-24-26(37)27(42-23-15-9-7-13-21(23)40-2)31(43-24)36-18-34-25-28(32-17-33-29(25)36)35-30(38)19-10-4-3-5-11-19/h3-5,10-11,17-18,20-24,26-27,31,37H,6-9,12-16H2,1-2H3,(H,32,33,35,38)/t20-,21-,22-,23-,24-,26-,27-,31-/m1/s1. The van der Waals surface area contributed by atoms with E-state index in [1.165, 1.54) is 6.33 Å². The molecule has 0 bridgehead atoms. The number of hydrogen-bond acceptors (Lipinski definition) is 10. The van der Waals surface area contributed by atoms with E-state index in [1.54, 1.807) is 49.4 Å². The van der Waals surface area contributed by atoms with Gasteiger partial charge in [0.2, 0.25) is 0 Å². The van der Waals surface area contributed by atoms with Crippen molar-refractivity contribution in [2.75, 3.05) is 26.1 Å². The van der Waals surface area contributed by atoms with Crippen molar-refractivity contribution in [2.24, 2.45) is 0 Å². The maximum atomic E-state index is 12.9. The van der Waals surface area contributed by atoms with Crippen LogP contribution >= 0.6 is 0 Å². The Bertz CT molecular complexity index is 1360. The lowest BCUT2D eigenvalue weighted by Crippen LogP contribution is -2.44. The largest absolute Gasteiger partial charge is 0.387 e. The van der Waals surface area contributed by atoms with Crippen molar-refractivity contribution in [1.82, 2.24) is 19.5 Å². The van der Waals surface area contributed by atoms with Crippen molar-refractivity contribution in [1.29, 1.82) is 0 Å². The van der Waals surface area contributed by atoms with Crippen molar-refractivity contribution in [3.05, 3.63) is 48.5 Å². The maximum Gasteiger partial charge on any atom is 0.256 e. The first-order valence-electron chi connectivity index (χ1n) is 15.3. The van der Waals surface area contributed by atoms with Gasteiger partial charge in [-0.1, -0.05) is 43.9 Å². The molecular formula is C31H41N5O7. The van der Waals surface area contributed by atoms with Gasteiger partial charge in [0.05, 0.1) is 37.4 Å². The zero-order chi connectivity index (χ0) is 29.8. The number of anilines is 1. The van der Waals surface area contributed by atoms with Gasteiger partial charge in [-0.3, -0.25) is 9.36 Å². The Morgan fingerprint density at radius 3 is 2.35 bits per heavy atom. The molecular weight excluding hydrogens is 554 g/mol. The van der Waals surface area contributed by atoms with Gasteiger partial charge in [0.25, 0.3) is 5.91 Å². The number of nitrogens with one attached hydrogen (secondary N) is 1. The highest BCUT2D eigenvalue weighted by atomic mass is 16.6. The Hall–Kier alpha value is -3.00. The third kappa shape index (κ3) is 6.45. The molecule has 8 atom stereocenters. The third-order valence-corrected chi connectivity index (χ3v) is 8.91. The molecule has 1 saturated heterocycles. The van der Waals surface area contributed by atoms with Gasteiger partial charge in [-0.15, -0.1) is 0 Å². The van der Waals surface area contributed by atoms with Gasteiger partial charge < -0.3 is 34.1 Å². The van der Waals surface area contributed by atoms with Crippen LogP contribution in [0.1, 0.15) is 68.0 Å². The van der Waals surface area contributed by atoms with Gasteiger partial charge in [0.15, 0.2) is 23.2 Å². The average molecular weight is 596 g/mol. The number of carbonyl (C=O) groups is 1. The molecule has 3 heterocycles. The molecule has 2 aliphatic carbocycles. The molecule has 12 nitrogen and oxygen atoms in total. The summed E-state index contributed by atoms with van der Waals surface area (Å²) >= 11 is 0. The maximum absolute atomic E-state index is 12.9. The number of imidazole rings is 1. The molecule has 1 amide bonds. The SMILES string of the molecule is CO[C@@H]1CCCC[C@H]1OC[C@H]1O[C@@H](n2cnc3c(NC(=O)c4ccccc4)ncnc32)[C@H](O[C@@H]2CCCC[C@H]2OC)[C@@H]1O. The highest BCUT2D eigenvalue weighted by molar-refractivity contribution is 6.06. The Balaban J connectivity index is 1.26. The van der Waals surface area contributed by atoms with Crippen LogP contribution in [0.4, 0.5) is 5.82 Å². The van der Waals surface area contributed by atoms with Gasteiger partial charge in [-0.05, 0) is 37.8 Å². The molecule has 232 valence electrons. The summed E-state index contributed by atoms with van der Waals surface area (Å²) in [6.07, 6.45) is 7.47. The van der Waals surface area contributed by atoms with E-state index in [0.29, 0.717) is 16.7 Å². The fourth-order valence-electron chi connectivity index (χ4n) is 6.56. The number of aliphatic hydroxyl groups is 1. The normalized spacial score (nSPS) is 31.3. The number of methoxy groups -OCH3 is 2. The number of ether oxygens (including phenoxy) is 5. The predicted molar refractivity (Wildman–Crippen MR) is 157 cm³/mol. The monoisotopic (exact) mass is 595 g/mol. The highest BCUT2D eigenvalue weighted by Gasteiger charge is 2.48. The fourth-order valence-corrected chi connectivity index (χ4v) is 6.56. The quantitative estimate of drug-likeness (QED) is 0.357. The van der Waals surface area contributed by atoms with Crippen LogP contribution in [0.2, 0.25) is 0 Å². The molecule has 1 aliphatic heterocycles. The summed E-state index contributed by atoms with van der Waals surface area (Å²) in [4.78, 5) is 26.2. The van der Waals surface area contributed by atoms with Crippen LogP contribution in [0.15, 0.2) is 43.0 Å². The van der Waals surface area contributed by atoms with Gasteiger partial charge >= 0.3 is 0 Å². The Morgan fingerprint density at radius 2 is 1.63 bits per heavy atom. The van der Waals surface area contributed by atoms with Crippen LogP contribution in [0.3, 0.4) is 0 Å². The minimum Gasteiger partial charge on any atom is -0.387 e. The molecule has 2 aromatic heterocycles. The average Bonchev–Trinajstić information content (AvgIpc) is 3.62. The van der Waals surface area contributed by atoms with Crippen molar-refractivity contribution in [3.63, 3.8) is 0 Å². The van der Waals surface area contributed by atoms with Crippen molar-refractivity contribution in [2.45, 2.75) is 100 Å². The number of aliphatic hydroxyl groups excluding tert-OH is 1. The minimum absolute atomic E-state index is 0.0265. The van der Waals surface area contributed by atoms with Crippen LogP contribution < -0.4 is 5.32 Å². The fraction of sp³-hybridized carbons (Fsp3) is 0.613. The third-order valence-electron chi connectivity index (χ3n) is 8.91. The van der Waals surface area contributed by atoms with E-state index in [0.717, 1.165) is 51.4 Å². The van der Waals surface area contributed by atoms with E-state index in [2.05, 4.69) is 20.3 Å². The van der Waals surface area contributed by atoms with Crippen LogP contribution in [0.5, 0.6) is 0 Å². The van der Waals surface area contributed by atoms with E-state index >= 15 is 0 Å². The van der Waals surface area contributed by atoms with Crippen LogP contribution in [0, 0.1) is 0 Å². The number of rotatable bonds is 10. The second-order valence-corrected chi connectivity index (χ2v) is 11.6. The van der Waals surface area contributed by atoms with Crippen molar-refractivity contribution >= 4 is 22.9 Å². The molecule has 0 spiro atoms. The smallest absolute Gasteiger partial charge is 0.256 e. The summed E-state index contributed by atoms with van der Waals surface area (Å²) in [6, 6.07) is 8.90. The Labute approximate surface area is 251 Å². The van der Waals surface area contributed by atoms with Crippen molar-refractivity contribution < 1.29 is 33.6 Å². The van der Waals surface area contributed by atoms with E-state index in [9.17, 15) is 9.90 Å². The molecule has 3 fully saturated rings. The number of carbonyl (C=O) groups excluding carboxylic acids is 1. The molecule has 2 N–H and O–H groups in total. The first-order chi connectivity index (χ1) is 21.1. The first-order valence-corrected chi connectivity index (χ1v) is 15.3. The summed E-state index contributed by atoms with van der Waals surface area (Å²) in [5.74, 6) is -0.0239. The molecule has 0 radical (unpaired) electrons. The summed E-state index contributed by atoms with van der Waals surface area (Å²) in [5, 5.41) is 14.4. The van der Waals surface area contributed by atoms with Crippen LogP contribution in [0.25, 0.3) is 11.2 Å². The number of nitrogens with zero attached hydrogens (tertiary/aromatic N) is 4. The molecule has 1 aromatic carbocycles. The van der Waals surface area contributed by atoms with Gasteiger partial charge in [0.1, 0.15) is 24.6 Å². The second kappa shape index (κ2) is 13.7. The second-order valence-electron chi connectivity index (χ2n) is 11.6. The summed E-state index contributed by atoms with van der Waals surface area (Å²) in [5.41, 5.74) is 1.35. The van der Waals surface area contributed by atoms with Crippen LogP contribution in [-0.2, 0) is 23.7 Å². The first kappa shape index (κ1) is 30.0. The lowest BCUT2D eigenvalue weighted by Gasteiger charge is -2.34. The van der Waals surface area contributed by atoms with Crippen molar-refractivity contribution in [3.8, 4) is 0 Å². The summed E-state index contributed by atoms with van der Waals surface area (Å²) < 4.78 is 32.6. The molecule has 0 unspecified atom stereocenters. The van der Waals surface area contributed by atoms with Gasteiger partial charge in [0, 0.05) is 19.8 Å². The summed E-state index contributed by atoms with van der Waals surface area (Å²) in [7, 11) is 3.41. The van der Waals surface area contributed by atoms with Gasteiger partial charge in [-0.25, -0.2) is 15.0 Å². The summed E-state index contributed by atoms with van der Waals surface area (Å²) in [6.45, 7) is 0.195. The molecule has 3 aromatic rings. The number of fused-ring (bicyclic) bond motifs is 1.